The maximum absolute atomic E-state index is 11.7. The quantitative estimate of drug-likeness (QED) is 0.585. The molecule has 0 radical (unpaired) electrons. The highest BCUT2D eigenvalue weighted by Gasteiger charge is 2.36. The Bertz CT molecular complexity index is 405. The minimum absolute atomic E-state index is 0.0100. The van der Waals surface area contributed by atoms with Crippen LogP contribution in [-0.4, -0.2) is 78.2 Å². The van der Waals surface area contributed by atoms with Crippen LogP contribution in [0, 0.1) is 0 Å². The lowest BCUT2D eigenvalue weighted by atomic mass is 10.0. The molecule has 0 aliphatic carbocycles. The van der Waals surface area contributed by atoms with E-state index >= 15 is 0 Å². The minimum Gasteiger partial charge on any atom is -0.386 e. The molecule has 2 saturated heterocycles. The monoisotopic (exact) mass is 271 g/mol. The number of aliphatic hydroxyl groups is 1. The molecule has 8 heteroatoms. The molecule has 2 fully saturated rings. The second-order valence-corrected chi connectivity index (χ2v) is 4.92. The molecule has 0 aromatic carbocycles. The molecule has 0 aromatic rings. The van der Waals surface area contributed by atoms with E-state index in [1.165, 1.54) is 11.9 Å². The number of ether oxygens (including phenoxy) is 1. The largest absolute Gasteiger partial charge is 0.386 e. The zero-order chi connectivity index (χ0) is 14.0. The maximum Gasteiger partial charge on any atom is 0.327 e. The van der Waals surface area contributed by atoms with Crippen LogP contribution in [0.1, 0.15) is 6.42 Å². The number of imide groups is 1. The zero-order valence-electron chi connectivity index (χ0n) is 10.7. The Morgan fingerprint density at radius 1 is 1.53 bits per heavy atom. The van der Waals surface area contributed by atoms with Gasteiger partial charge in [-0.2, -0.15) is 0 Å². The van der Waals surface area contributed by atoms with Gasteiger partial charge < -0.3 is 20.1 Å². The van der Waals surface area contributed by atoms with Crippen molar-refractivity contribution in [3.8, 4) is 0 Å². The summed E-state index contributed by atoms with van der Waals surface area (Å²) in [5.74, 6) is -0.872. The zero-order valence-corrected chi connectivity index (χ0v) is 10.7. The summed E-state index contributed by atoms with van der Waals surface area (Å²) in [4.78, 5) is 36.8. The van der Waals surface area contributed by atoms with Crippen LogP contribution in [-0.2, 0) is 14.3 Å². The third-order valence-electron chi connectivity index (χ3n) is 3.23. The summed E-state index contributed by atoms with van der Waals surface area (Å²) in [6, 6.07) is -0.483. The lowest BCUT2D eigenvalue weighted by Crippen LogP contribution is -2.47. The molecule has 106 valence electrons. The summed E-state index contributed by atoms with van der Waals surface area (Å²) in [6.07, 6.45) is 0.456. The van der Waals surface area contributed by atoms with Crippen LogP contribution in [0.15, 0.2) is 0 Å². The maximum atomic E-state index is 11.7. The van der Waals surface area contributed by atoms with Crippen LogP contribution in [0.2, 0.25) is 0 Å². The number of carbonyl (C=O) groups is 3. The van der Waals surface area contributed by atoms with Gasteiger partial charge in [-0.25, -0.2) is 4.79 Å². The molecule has 2 N–H and O–H groups in total. The van der Waals surface area contributed by atoms with E-state index in [0.717, 1.165) is 4.90 Å². The fraction of sp³-hybridized carbons (Fsp3) is 0.727. The molecule has 0 bridgehead atoms. The van der Waals surface area contributed by atoms with Gasteiger partial charge in [0.2, 0.25) is 5.91 Å². The molecule has 0 aromatic heterocycles. The smallest absolute Gasteiger partial charge is 0.327 e. The summed E-state index contributed by atoms with van der Waals surface area (Å²) >= 11 is 0. The highest BCUT2D eigenvalue weighted by atomic mass is 16.5. The highest BCUT2D eigenvalue weighted by molar-refractivity contribution is 6.04. The van der Waals surface area contributed by atoms with Gasteiger partial charge in [0, 0.05) is 26.6 Å². The predicted molar refractivity (Wildman–Crippen MR) is 63.1 cm³/mol. The Morgan fingerprint density at radius 3 is 2.79 bits per heavy atom. The SMILES string of the molecule is CN1CC(=O)N(CC(=O)NCC2(O)CCOC2)C1=O. The first-order valence-corrected chi connectivity index (χ1v) is 6.04. The summed E-state index contributed by atoms with van der Waals surface area (Å²) < 4.78 is 5.05. The molecule has 4 amide bonds. The van der Waals surface area contributed by atoms with Crippen LogP contribution in [0.25, 0.3) is 0 Å². The Balaban J connectivity index is 1.81. The standard InChI is InChI=1S/C11H17N3O5/c1-13-5-9(16)14(10(13)17)4-8(15)12-6-11(18)2-3-19-7-11/h18H,2-7H2,1H3,(H,12,15). The van der Waals surface area contributed by atoms with Crippen molar-refractivity contribution in [2.45, 2.75) is 12.0 Å². The van der Waals surface area contributed by atoms with Crippen molar-refractivity contribution in [2.24, 2.45) is 0 Å². The van der Waals surface area contributed by atoms with E-state index in [9.17, 15) is 19.5 Å². The summed E-state index contributed by atoms with van der Waals surface area (Å²) in [5, 5.41) is 12.5. The minimum atomic E-state index is -1.05. The number of carbonyl (C=O) groups excluding carboxylic acids is 3. The first-order chi connectivity index (χ1) is 8.91. The van der Waals surface area contributed by atoms with Crippen molar-refractivity contribution in [1.82, 2.24) is 15.1 Å². The molecular weight excluding hydrogens is 254 g/mol. The number of hydrogen-bond donors (Lipinski definition) is 2. The first kappa shape index (κ1) is 13.8. The predicted octanol–water partition coefficient (Wildman–Crippen LogP) is -1.85. The molecule has 2 rings (SSSR count). The van der Waals surface area contributed by atoms with Gasteiger partial charge in [-0.05, 0) is 0 Å². The number of nitrogens with zero attached hydrogens (tertiary/aromatic N) is 2. The van der Waals surface area contributed by atoms with Crippen LogP contribution >= 0.6 is 0 Å². The van der Waals surface area contributed by atoms with E-state index in [0.29, 0.717) is 13.0 Å². The molecule has 1 unspecified atom stereocenters. The fourth-order valence-electron chi connectivity index (χ4n) is 2.02. The van der Waals surface area contributed by atoms with Crippen molar-refractivity contribution in [3.05, 3.63) is 0 Å². The van der Waals surface area contributed by atoms with Crippen LogP contribution in [0.5, 0.6) is 0 Å². The lowest BCUT2D eigenvalue weighted by molar-refractivity contribution is -0.131. The number of hydrogen-bond acceptors (Lipinski definition) is 5. The Hall–Kier alpha value is -1.67. The molecule has 0 saturated carbocycles. The normalized spacial score (nSPS) is 27.3. The van der Waals surface area contributed by atoms with Gasteiger partial charge in [0.05, 0.1) is 6.61 Å². The number of amides is 4. The van der Waals surface area contributed by atoms with Crippen molar-refractivity contribution in [3.63, 3.8) is 0 Å². The molecule has 2 heterocycles. The van der Waals surface area contributed by atoms with Crippen molar-refractivity contribution in [2.75, 3.05) is 39.9 Å². The van der Waals surface area contributed by atoms with Crippen molar-refractivity contribution >= 4 is 17.8 Å². The van der Waals surface area contributed by atoms with Gasteiger partial charge in [0.1, 0.15) is 18.7 Å². The number of urea groups is 1. The van der Waals surface area contributed by atoms with Crippen molar-refractivity contribution in [1.29, 1.82) is 0 Å². The Kier molecular flexibility index (Phi) is 3.72. The van der Waals surface area contributed by atoms with Crippen LogP contribution in [0.4, 0.5) is 4.79 Å². The van der Waals surface area contributed by atoms with Gasteiger partial charge >= 0.3 is 6.03 Å². The van der Waals surface area contributed by atoms with E-state index in [1.54, 1.807) is 0 Å². The molecule has 2 aliphatic heterocycles. The number of likely N-dealkylation sites (N-methyl/N-ethyl adjacent to an activating group) is 1. The summed E-state index contributed by atoms with van der Waals surface area (Å²) in [7, 11) is 1.50. The van der Waals surface area contributed by atoms with E-state index in [2.05, 4.69) is 5.32 Å². The van der Waals surface area contributed by atoms with Gasteiger partial charge in [-0.3, -0.25) is 14.5 Å². The second kappa shape index (κ2) is 5.14. The highest BCUT2D eigenvalue weighted by Crippen LogP contribution is 2.16. The Morgan fingerprint density at radius 2 is 2.26 bits per heavy atom. The topological polar surface area (TPSA) is 99.2 Å². The second-order valence-electron chi connectivity index (χ2n) is 4.92. The number of rotatable bonds is 4. The third kappa shape index (κ3) is 3.02. The first-order valence-electron chi connectivity index (χ1n) is 6.04. The van der Waals surface area contributed by atoms with E-state index < -0.39 is 23.4 Å². The molecule has 8 nitrogen and oxygen atoms in total. The summed E-state index contributed by atoms with van der Waals surface area (Å²) in [6.45, 7) is 0.360. The van der Waals surface area contributed by atoms with Crippen molar-refractivity contribution < 1.29 is 24.2 Å². The van der Waals surface area contributed by atoms with Crippen LogP contribution < -0.4 is 5.32 Å². The molecule has 2 aliphatic rings. The van der Waals surface area contributed by atoms with Gasteiger partial charge in [-0.1, -0.05) is 0 Å². The molecular formula is C11H17N3O5. The van der Waals surface area contributed by atoms with E-state index in [1.807, 2.05) is 0 Å². The average molecular weight is 271 g/mol. The molecule has 0 spiro atoms. The van der Waals surface area contributed by atoms with Gasteiger partial charge in [-0.15, -0.1) is 0 Å². The number of nitrogens with one attached hydrogen (secondary N) is 1. The Labute approximate surface area is 110 Å². The molecule has 19 heavy (non-hydrogen) atoms. The van der Waals surface area contributed by atoms with E-state index in [-0.39, 0.29) is 26.2 Å². The average Bonchev–Trinajstić information content (AvgIpc) is 2.88. The molecule has 1 atom stereocenters. The third-order valence-corrected chi connectivity index (χ3v) is 3.23. The fourth-order valence-corrected chi connectivity index (χ4v) is 2.02. The van der Waals surface area contributed by atoms with Gasteiger partial charge in [0.15, 0.2) is 0 Å². The van der Waals surface area contributed by atoms with Crippen LogP contribution in [0.3, 0.4) is 0 Å². The van der Waals surface area contributed by atoms with E-state index in [4.69, 9.17) is 4.74 Å². The van der Waals surface area contributed by atoms with Gasteiger partial charge in [0.25, 0.3) is 5.91 Å². The lowest BCUT2D eigenvalue weighted by Gasteiger charge is -2.21. The summed E-state index contributed by atoms with van der Waals surface area (Å²) in [5.41, 5.74) is -1.05.